The summed E-state index contributed by atoms with van der Waals surface area (Å²) in [6.45, 7) is 1.26. The van der Waals surface area contributed by atoms with E-state index < -0.39 is 11.1 Å². The van der Waals surface area contributed by atoms with Gasteiger partial charge in [0.25, 0.3) is 0 Å². The van der Waals surface area contributed by atoms with E-state index in [1.54, 1.807) is 17.8 Å². The molecule has 9 heteroatoms. The Bertz CT molecular complexity index is 1410. The molecule has 2 aliphatic rings. The van der Waals surface area contributed by atoms with Crippen LogP contribution < -0.4 is 16.0 Å². The Morgan fingerprint density at radius 2 is 1.66 bits per heavy atom. The van der Waals surface area contributed by atoms with Crippen molar-refractivity contribution in [1.29, 1.82) is 5.26 Å². The summed E-state index contributed by atoms with van der Waals surface area (Å²) in [5.41, 5.74) is 1.14. The lowest BCUT2D eigenvalue weighted by molar-refractivity contribution is 0.389. The lowest BCUT2D eigenvalue weighted by Gasteiger charge is -2.33. The van der Waals surface area contributed by atoms with E-state index in [-0.39, 0.29) is 6.04 Å². The number of aromatic nitrogens is 5. The first-order chi connectivity index (χ1) is 15.5. The summed E-state index contributed by atoms with van der Waals surface area (Å²) in [6.07, 6.45) is 8.25. The number of rotatable bonds is 2. The SMILES string of the molecule is Cn1c(=O)c(=O)n(C2CCN(c3ncc(C#N)cn3)CC2)c2ncc(C#CC3CC3)cc21. The molecule has 0 atom stereocenters. The van der Waals surface area contributed by atoms with E-state index in [9.17, 15) is 9.59 Å². The van der Waals surface area contributed by atoms with Gasteiger partial charge >= 0.3 is 11.1 Å². The van der Waals surface area contributed by atoms with Gasteiger partial charge in [-0.25, -0.2) is 15.0 Å². The van der Waals surface area contributed by atoms with Gasteiger partial charge in [0.1, 0.15) is 6.07 Å². The normalized spacial score (nSPS) is 16.4. The lowest BCUT2D eigenvalue weighted by atomic mass is 10.0. The van der Waals surface area contributed by atoms with Crippen molar-refractivity contribution in [1.82, 2.24) is 24.1 Å². The minimum Gasteiger partial charge on any atom is -0.341 e. The number of piperidine rings is 1. The Kier molecular flexibility index (Phi) is 4.95. The molecule has 0 unspecified atom stereocenters. The fourth-order valence-corrected chi connectivity index (χ4v) is 4.02. The van der Waals surface area contributed by atoms with Gasteiger partial charge in [0.05, 0.1) is 23.5 Å². The van der Waals surface area contributed by atoms with Gasteiger partial charge in [-0.15, -0.1) is 0 Å². The zero-order chi connectivity index (χ0) is 22.2. The molecule has 5 rings (SSSR count). The van der Waals surface area contributed by atoms with E-state index in [0.29, 0.717) is 54.5 Å². The molecule has 4 heterocycles. The van der Waals surface area contributed by atoms with Gasteiger partial charge < -0.3 is 9.47 Å². The fourth-order valence-electron chi connectivity index (χ4n) is 4.02. The second kappa shape index (κ2) is 7.93. The maximum absolute atomic E-state index is 12.9. The summed E-state index contributed by atoms with van der Waals surface area (Å²) in [4.78, 5) is 40.7. The second-order valence-electron chi connectivity index (χ2n) is 8.25. The summed E-state index contributed by atoms with van der Waals surface area (Å²) >= 11 is 0. The molecule has 0 N–H and O–H groups in total. The average molecular weight is 427 g/mol. The smallest absolute Gasteiger partial charge is 0.318 e. The van der Waals surface area contributed by atoms with Crippen LogP contribution in [0.25, 0.3) is 11.2 Å². The number of nitriles is 1. The summed E-state index contributed by atoms with van der Waals surface area (Å²) in [7, 11) is 1.60. The van der Waals surface area contributed by atoms with Crippen LogP contribution in [-0.4, -0.2) is 37.2 Å². The lowest BCUT2D eigenvalue weighted by Crippen LogP contribution is -2.45. The Morgan fingerprint density at radius 1 is 0.969 bits per heavy atom. The Morgan fingerprint density at radius 3 is 2.31 bits per heavy atom. The zero-order valence-electron chi connectivity index (χ0n) is 17.7. The van der Waals surface area contributed by atoms with Crippen molar-refractivity contribution in [2.24, 2.45) is 13.0 Å². The van der Waals surface area contributed by atoms with E-state index in [1.807, 2.05) is 17.0 Å². The largest absolute Gasteiger partial charge is 0.341 e. The molecule has 32 heavy (non-hydrogen) atoms. The number of pyridine rings is 1. The number of hydrogen-bond acceptors (Lipinski definition) is 7. The topological polar surface area (TPSA) is 110 Å². The molecule has 0 amide bonds. The highest BCUT2D eigenvalue weighted by atomic mass is 16.2. The minimum atomic E-state index is -0.565. The van der Waals surface area contributed by atoms with Crippen LogP contribution in [0.15, 0.2) is 34.2 Å². The van der Waals surface area contributed by atoms with Crippen LogP contribution >= 0.6 is 0 Å². The van der Waals surface area contributed by atoms with E-state index in [2.05, 4.69) is 26.8 Å². The Labute approximate surface area is 184 Å². The van der Waals surface area contributed by atoms with E-state index in [1.165, 1.54) is 17.0 Å². The van der Waals surface area contributed by atoms with Crippen LogP contribution in [0.3, 0.4) is 0 Å². The van der Waals surface area contributed by atoms with Crippen molar-refractivity contribution in [2.45, 2.75) is 31.7 Å². The first kappa shape index (κ1) is 20.0. The van der Waals surface area contributed by atoms with Crippen molar-refractivity contribution in [2.75, 3.05) is 18.0 Å². The third-order valence-electron chi connectivity index (χ3n) is 6.02. The Balaban J connectivity index is 1.46. The second-order valence-corrected chi connectivity index (χ2v) is 8.25. The summed E-state index contributed by atoms with van der Waals surface area (Å²) < 4.78 is 2.91. The molecule has 1 saturated heterocycles. The van der Waals surface area contributed by atoms with Crippen molar-refractivity contribution < 1.29 is 0 Å². The summed E-state index contributed by atoms with van der Waals surface area (Å²) in [5.74, 6) is 7.37. The molecule has 1 saturated carbocycles. The molecule has 0 aromatic carbocycles. The highest BCUT2D eigenvalue weighted by Gasteiger charge is 2.26. The molecule has 0 radical (unpaired) electrons. The predicted molar refractivity (Wildman–Crippen MR) is 118 cm³/mol. The summed E-state index contributed by atoms with van der Waals surface area (Å²) in [6, 6.07) is 3.70. The van der Waals surface area contributed by atoms with Crippen LogP contribution in [-0.2, 0) is 7.05 Å². The maximum Gasteiger partial charge on any atom is 0.318 e. The molecule has 9 nitrogen and oxygen atoms in total. The van der Waals surface area contributed by atoms with E-state index >= 15 is 0 Å². The standard InChI is InChI=1S/C23H21N7O2/c1-28-19-10-16(5-4-15-2-3-15)12-25-20(19)30(22(32)21(28)31)18-6-8-29(9-7-18)23-26-13-17(11-24)14-27-23/h10,12-15,18H,2-3,6-9H2,1H3. The molecule has 160 valence electrons. The summed E-state index contributed by atoms with van der Waals surface area (Å²) in [5, 5.41) is 8.91. The molecule has 3 aromatic heterocycles. The van der Waals surface area contributed by atoms with Crippen molar-refractivity contribution in [3.8, 4) is 17.9 Å². The van der Waals surface area contributed by atoms with E-state index in [0.717, 1.165) is 18.4 Å². The number of anilines is 1. The zero-order valence-corrected chi connectivity index (χ0v) is 17.7. The van der Waals surface area contributed by atoms with Gasteiger partial charge in [0, 0.05) is 43.9 Å². The third kappa shape index (κ3) is 3.63. The van der Waals surface area contributed by atoms with Crippen LogP contribution in [0.4, 0.5) is 5.95 Å². The average Bonchev–Trinajstić information content (AvgIpc) is 3.67. The van der Waals surface area contributed by atoms with Crippen LogP contribution in [0.5, 0.6) is 0 Å². The quantitative estimate of drug-likeness (QED) is 0.449. The first-order valence-corrected chi connectivity index (χ1v) is 10.6. The molecule has 1 aliphatic heterocycles. The van der Waals surface area contributed by atoms with Crippen LogP contribution in [0, 0.1) is 29.1 Å². The molecular weight excluding hydrogens is 406 g/mol. The van der Waals surface area contributed by atoms with Crippen molar-refractivity contribution >= 4 is 17.1 Å². The predicted octanol–water partition coefficient (Wildman–Crippen LogP) is 1.36. The molecular formula is C23H21N7O2. The van der Waals surface area contributed by atoms with Gasteiger partial charge in [0.15, 0.2) is 5.65 Å². The first-order valence-electron chi connectivity index (χ1n) is 10.6. The molecule has 1 aliphatic carbocycles. The molecule has 0 bridgehead atoms. The number of fused-ring (bicyclic) bond motifs is 1. The fraction of sp³-hybridized carbons (Fsp3) is 0.391. The third-order valence-corrected chi connectivity index (χ3v) is 6.02. The number of aryl methyl sites for hydroxylation is 1. The van der Waals surface area contributed by atoms with E-state index in [4.69, 9.17) is 5.26 Å². The number of nitrogens with zero attached hydrogens (tertiary/aromatic N) is 7. The van der Waals surface area contributed by atoms with Crippen molar-refractivity contribution in [3.05, 3.63) is 56.5 Å². The minimum absolute atomic E-state index is 0.149. The van der Waals surface area contributed by atoms with Crippen molar-refractivity contribution in [3.63, 3.8) is 0 Å². The van der Waals surface area contributed by atoms with Crippen LogP contribution in [0.1, 0.15) is 42.9 Å². The Hall–Kier alpha value is -3.98. The maximum atomic E-state index is 12.9. The van der Waals surface area contributed by atoms with Gasteiger partial charge in [-0.05, 0) is 31.7 Å². The monoisotopic (exact) mass is 427 g/mol. The molecule has 2 fully saturated rings. The van der Waals surface area contributed by atoms with Gasteiger partial charge in [0.2, 0.25) is 5.95 Å². The molecule has 0 spiro atoms. The molecule has 3 aromatic rings. The van der Waals surface area contributed by atoms with Gasteiger partial charge in [-0.3, -0.25) is 14.2 Å². The van der Waals surface area contributed by atoms with Gasteiger partial charge in [-0.2, -0.15) is 5.26 Å². The highest BCUT2D eigenvalue weighted by Crippen LogP contribution is 2.28. The number of hydrogen-bond donors (Lipinski definition) is 0. The van der Waals surface area contributed by atoms with Gasteiger partial charge in [-0.1, -0.05) is 11.8 Å². The highest BCUT2D eigenvalue weighted by molar-refractivity contribution is 5.72. The van der Waals surface area contributed by atoms with Crippen LogP contribution in [0.2, 0.25) is 0 Å².